The maximum atomic E-state index is 14.8. The third kappa shape index (κ3) is 2.56. The predicted octanol–water partition coefficient (Wildman–Crippen LogP) is 4.21. The highest BCUT2D eigenvalue weighted by molar-refractivity contribution is 5.87. The quantitative estimate of drug-likeness (QED) is 0.421. The number of rotatable bonds is 4. The summed E-state index contributed by atoms with van der Waals surface area (Å²) in [4.78, 5) is 15.6. The molecule has 2 N–H and O–H groups in total. The van der Waals surface area contributed by atoms with Crippen LogP contribution in [0.3, 0.4) is 0 Å². The molecule has 0 saturated heterocycles. The van der Waals surface area contributed by atoms with Crippen molar-refractivity contribution in [2.24, 2.45) is 0 Å². The molecule has 2 aromatic heterocycles. The molecular formula is C18H14FN3O4. The summed E-state index contributed by atoms with van der Waals surface area (Å²) in [6.07, 6.45) is 1.28. The van der Waals surface area contributed by atoms with Gasteiger partial charge in [0.05, 0.1) is 18.0 Å². The summed E-state index contributed by atoms with van der Waals surface area (Å²) in [7, 11) is 1.43. The van der Waals surface area contributed by atoms with Crippen LogP contribution in [0.1, 0.15) is 5.69 Å². The highest BCUT2D eigenvalue weighted by atomic mass is 19.1. The molecule has 4 aromatic rings. The number of methoxy groups -OCH3 is 1. The Labute approximate surface area is 146 Å². The zero-order chi connectivity index (χ0) is 18.3. The average molecular weight is 355 g/mol. The van der Waals surface area contributed by atoms with E-state index in [1.54, 1.807) is 18.2 Å². The Bertz CT molecular complexity index is 1130. The number of aryl methyl sites for hydroxylation is 1. The van der Waals surface area contributed by atoms with Gasteiger partial charge in [-0.3, -0.25) is 0 Å². The van der Waals surface area contributed by atoms with E-state index in [0.717, 1.165) is 5.69 Å². The van der Waals surface area contributed by atoms with E-state index >= 15 is 0 Å². The molecule has 0 unspecified atom stereocenters. The molecule has 0 aliphatic carbocycles. The normalized spacial score (nSPS) is 11.1. The molecule has 0 saturated carbocycles. The Kier molecular flexibility index (Phi) is 3.81. The Morgan fingerprint density at radius 1 is 1.04 bits per heavy atom. The number of nitrogens with one attached hydrogen (secondary N) is 1. The molecule has 2 heterocycles. The molecule has 132 valence electrons. The van der Waals surface area contributed by atoms with Crippen LogP contribution in [0.2, 0.25) is 0 Å². The Morgan fingerprint density at radius 2 is 1.88 bits per heavy atom. The van der Waals surface area contributed by atoms with Gasteiger partial charge >= 0.3 is 0 Å². The van der Waals surface area contributed by atoms with Gasteiger partial charge in [0.15, 0.2) is 17.3 Å². The van der Waals surface area contributed by atoms with Crippen molar-refractivity contribution in [3.8, 4) is 23.1 Å². The smallest absolute Gasteiger partial charge is 0.230 e. The van der Waals surface area contributed by atoms with Gasteiger partial charge in [0, 0.05) is 22.7 Å². The fourth-order valence-electron chi connectivity index (χ4n) is 2.82. The molecule has 4 rings (SSSR count). The standard InChI is InChI=1S/C18H14FN3O4/c1-9-5-10-12(22-9)3-4-14(17(10)19)25-18-11-6-15(24-2)16(26-23)7-13(11)20-8-21-18/h3-8,22-23H,1-2H3. The second kappa shape index (κ2) is 6.16. The SMILES string of the molecule is COc1cc2c(Oc3ccc4[nH]c(C)cc4c3F)ncnc2cc1OO. The van der Waals surface area contributed by atoms with Gasteiger partial charge in [-0.2, -0.15) is 0 Å². The zero-order valence-corrected chi connectivity index (χ0v) is 13.9. The third-order valence-corrected chi connectivity index (χ3v) is 4.03. The average Bonchev–Trinajstić information content (AvgIpc) is 3.04. The molecule has 0 fully saturated rings. The van der Waals surface area contributed by atoms with Crippen molar-refractivity contribution in [2.75, 3.05) is 7.11 Å². The van der Waals surface area contributed by atoms with Crippen LogP contribution in [0.5, 0.6) is 23.1 Å². The Hall–Kier alpha value is -3.39. The summed E-state index contributed by atoms with van der Waals surface area (Å²) < 4.78 is 25.6. The first-order valence-electron chi connectivity index (χ1n) is 7.70. The van der Waals surface area contributed by atoms with Gasteiger partial charge in [-0.15, -0.1) is 0 Å². The van der Waals surface area contributed by atoms with Crippen molar-refractivity contribution in [3.63, 3.8) is 0 Å². The van der Waals surface area contributed by atoms with E-state index in [2.05, 4.69) is 19.8 Å². The second-order valence-electron chi connectivity index (χ2n) is 5.68. The van der Waals surface area contributed by atoms with Gasteiger partial charge in [0.1, 0.15) is 6.33 Å². The molecule has 0 amide bonds. The largest absolute Gasteiger partial charge is 0.493 e. The first-order chi connectivity index (χ1) is 12.6. The number of nitrogens with zero attached hydrogens (tertiary/aromatic N) is 2. The lowest BCUT2D eigenvalue weighted by atomic mass is 10.2. The monoisotopic (exact) mass is 355 g/mol. The van der Waals surface area contributed by atoms with Crippen LogP contribution in [0.15, 0.2) is 36.7 Å². The van der Waals surface area contributed by atoms with Crippen LogP contribution >= 0.6 is 0 Å². The van der Waals surface area contributed by atoms with E-state index in [4.69, 9.17) is 14.7 Å². The Balaban J connectivity index is 1.83. The van der Waals surface area contributed by atoms with Crippen molar-refractivity contribution in [1.82, 2.24) is 15.0 Å². The van der Waals surface area contributed by atoms with Crippen molar-refractivity contribution in [1.29, 1.82) is 0 Å². The van der Waals surface area contributed by atoms with Crippen LogP contribution in [0, 0.1) is 12.7 Å². The highest BCUT2D eigenvalue weighted by Crippen LogP contribution is 2.37. The minimum atomic E-state index is -0.485. The maximum absolute atomic E-state index is 14.8. The van der Waals surface area contributed by atoms with Crippen molar-refractivity contribution in [2.45, 2.75) is 6.92 Å². The molecular weight excluding hydrogens is 341 g/mol. The van der Waals surface area contributed by atoms with Crippen LogP contribution in [0.4, 0.5) is 4.39 Å². The number of H-pyrrole nitrogens is 1. The van der Waals surface area contributed by atoms with Gasteiger partial charge < -0.3 is 19.3 Å². The van der Waals surface area contributed by atoms with Crippen LogP contribution in [0.25, 0.3) is 21.8 Å². The first-order valence-corrected chi connectivity index (χ1v) is 7.70. The molecule has 0 bridgehead atoms. The van der Waals surface area contributed by atoms with Crippen molar-refractivity contribution >= 4 is 21.8 Å². The number of halogens is 1. The molecule has 0 atom stereocenters. The molecule has 0 aliphatic rings. The summed E-state index contributed by atoms with van der Waals surface area (Å²) in [5.41, 5.74) is 1.98. The second-order valence-corrected chi connectivity index (χ2v) is 5.68. The minimum Gasteiger partial charge on any atom is -0.493 e. The maximum Gasteiger partial charge on any atom is 0.230 e. The topological polar surface area (TPSA) is 89.5 Å². The lowest BCUT2D eigenvalue weighted by Gasteiger charge is -2.11. The lowest BCUT2D eigenvalue weighted by molar-refractivity contribution is -0.138. The number of hydrogen-bond acceptors (Lipinski definition) is 6. The van der Waals surface area contributed by atoms with E-state index in [1.165, 1.54) is 25.6 Å². The fraction of sp³-hybridized carbons (Fsp3) is 0.111. The first kappa shape index (κ1) is 16.1. The van der Waals surface area contributed by atoms with Crippen LogP contribution in [-0.4, -0.2) is 27.3 Å². The van der Waals surface area contributed by atoms with Gasteiger partial charge in [-0.1, -0.05) is 0 Å². The van der Waals surface area contributed by atoms with E-state index < -0.39 is 5.82 Å². The van der Waals surface area contributed by atoms with Gasteiger partial charge in [0.25, 0.3) is 0 Å². The van der Waals surface area contributed by atoms with Crippen molar-refractivity contribution in [3.05, 3.63) is 48.2 Å². The number of ether oxygens (including phenoxy) is 2. The molecule has 0 spiro atoms. The highest BCUT2D eigenvalue weighted by Gasteiger charge is 2.16. The number of aromatic amines is 1. The molecule has 26 heavy (non-hydrogen) atoms. The summed E-state index contributed by atoms with van der Waals surface area (Å²) >= 11 is 0. The molecule has 2 aromatic carbocycles. The summed E-state index contributed by atoms with van der Waals surface area (Å²) in [6, 6.07) is 8.00. The van der Waals surface area contributed by atoms with E-state index in [0.29, 0.717) is 21.8 Å². The molecule has 7 nitrogen and oxygen atoms in total. The molecule has 0 radical (unpaired) electrons. The van der Waals surface area contributed by atoms with Gasteiger partial charge in [-0.25, -0.2) is 19.6 Å². The summed E-state index contributed by atoms with van der Waals surface area (Å²) in [5, 5.41) is 9.86. The third-order valence-electron chi connectivity index (χ3n) is 4.03. The van der Waals surface area contributed by atoms with E-state index in [9.17, 15) is 4.39 Å². The fourth-order valence-corrected chi connectivity index (χ4v) is 2.82. The van der Waals surface area contributed by atoms with Crippen LogP contribution in [-0.2, 0) is 0 Å². The van der Waals surface area contributed by atoms with Crippen LogP contribution < -0.4 is 14.4 Å². The van der Waals surface area contributed by atoms with E-state index in [1.807, 2.05) is 6.92 Å². The predicted molar refractivity (Wildman–Crippen MR) is 92.4 cm³/mol. The minimum absolute atomic E-state index is 0.0398. The molecule has 0 aliphatic heterocycles. The van der Waals surface area contributed by atoms with E-state index in [-0.39, 0.29) is 23.1 Å². The number of hydrogen-bond donors (Lipinski definition) is 2. The summed E-state index contributed by atoms with van der Waals surface area (Å²) in [6.45, 7) is 1.85. The zero-order valence-electron chi connectivity index (χ0n) is 13.9. The number of fused-ring (bicyclic) bond motifs is 2. The van der Waals surface area contributed by atoms with Crippen molar-refractivity contribution < 1.29 is 24.0 Å². The van der Waals surface area contributed by atoms with Gasteiger partial charge in [-0.05, 0) is 31.2 Å². The summed E-state index contributed by atoms with van der Waals surface area (Å²) in [5.74, 6) is 0.0685. The number of benzene rings is 2. The number of aromatic nitrogens is 3. The molecule has 8 heteroatoms. The van der Waals surface area contributed by atoms with Gasteiger partial charge in [0.2, 0.25) is 11.6 Å². The Morgan fingerprint density at radius 3 is 2.65 bits per heavy atom. The lowest BCUT2D eigenvalue weighted by Crippen LogP contribution is -1.96.